The van der Waals surface area contributed by atoms with Crippen LogP contribution in [0.4, 0.5) is 13.2 Å². The van der Waals surface area contributed by atoms with E-state index in [9.17, 15) is 13.2 Å². The Morgan fingerprint density at radius 2 is 2.04 bits per heavy atom. The van der Waals surface area contributed by atoms with E-state index in [1.54, 1.807) is 19.8 Å². The van der Waals surface area contributed by atoms with Crippen molar-refractivity contribution in [3.05, 3.63) is 29.5 Å². The number of fused-ring (bicyclic) bond motifs is 1. The molecule has 0 spiro atoms. The van der Waals surface area contributed by atoms with Gasteiger partial charge in [0.25, 0.3) is 0 Å². The van der Waals surface area contributed by atoms with Gasteiger partial charge in [0.05, 0.1) is 23.3 Å². The molecule has 0 N–H and O–H groups in total. The maximum atomic E-state index is 13.7. The molecule has 0 fully saturated rings. The second kappa shape index (κ2) is 8.78. The molecule has 0 bridgehead atoms. The van der Waals surface area contributed by atoms with Gasteiger partial charge < -0.3 is 0 Å². The Labute approximate surface area is 157 Å². The van der Waals surface area contributed by atoms with Crippen LogP contribution in [-0.2, 0) is 12.6 Å². The molecule has 0 aliphatic rings. The second-order valence-corrected chi connectivity index (χ2v) is 8.43. The van der Waals surface area contributed by atoms with E-state index in [0.717, 1.165) is 37.0 Å². The fourth-order valence-electron chi connectivity index (χ4n) is 3.06. The smallest absolute Gasteiger partial charge is 0.261 e. The van der Waals surface area contributed by atoms with Crippen LogP contribution in [0.25, 0.3) is 10.9 Å². The summed E-state index contributed by atoms with van der Waals surface area (Å²) in [6, 6.07) is 3.19. The Balaban J connectivity index is 2.53. The predicted molar refractivity (Wildman–Crippen MR) is 104 cm³/mol. The highest BCUT2D eigenvalue weighted by Gasteiger charge is 2.35. The first kappa shape index (κ1) is 19.9. The molecule has 1 heterocycles. The highest BCUT2D eigenvalue weighted by atomic mass is 127. The lowest BCUT2D eigenvalue weighted by atomic mass is 10.0. The molecule has 0 radical (unpaired) electrons. The monoisotopic (exact) mass is 470 g/mol. The van der Waals surface area contributed by atoms with Crippen molar-refractivity contribution in [2.75, 3.05) is 5.75 Å². The van der Waals surface area contributed by atoms with E-state index in [2.05, 4.69) is 26.3 Å². The number of alkyl halides is 3. The summed E-state index contributed by atoms with van der Waals surface area (Å²) in [7, 11) is 1.68. The molecule has 1 unspecified atom stereocenters. The minimum absolute atomic E-state index is 0.00914. The van der Waals surface area contributed by atoms with Gasteiger partial charge in [-0.15, -0.1) is 0 Å². The van der Waals surface area contributed by atoms with Crippen LogP contribution in [-0.4, -0.2) is 15.5 Å². The quantitative estimate of drug-likeness (QED) is 0.311. The van der Waals surface area contributed by atoms with Gasteiger partial charge >= 0.3 is 6.18 Å². The number of aromatic nitrogens is 2. The summed E-state index contributed by atoms with van der Waals surface area (Å²) < 4.78 is 42.5. The van der Waals surface area contributed by atoms with Gasteiger partial charge in [0.2, 0.25) is 0 Å². The first-order valence-electron chi connectivity index (χ1n) is 8.23. The largest absolute Gasteiger partial charge is 0.418 e. The van der Waals surface area contributed by atoms with Crippen molar-refractivity contribution in [2.24, 2.45) is 0 Å². The van der Waals surface area contributed by atoms with Crippen LogP contribution in [0.15, 0.2) is 18.3 Å². The Morgan fingerprint density at radius 3 is 2.62 bits per heavy atom. The molecule has 2 aromatic rings. The summed E-state index contributed by atoms with van der Waals surface area (Å²) in [4.78, 5) is 0. The third-order valence-electron chi connectivity index (χ3n) is 4.18. The van der Waals surface area contributed by atoms with Crippen LogP contribution in [0.3, 0.4) is 0 Å². The molecule has 2 rings (SSSR count). The maximum Gasteiger partial charge on any atom is 0.418 e. The lowest BCUT2D eigenvalue weighted by Gasteiger charge is -2.19. The molecule has 24 heavy (non-hydrogen) atoms. The fourth-order valence-corrected chi connectivity index (χ4v) is 4.24. The molecule has 134 valence electrons. The van der Waals surface area contributed by atoms with Crippen LogP contribution in [0.2, 0.25) is 0 Å². The van der Waals surface area contributed by atoms with Crippen LogP contribution in [0.5, 0.6) is 0 Å². The van der Waals surface area contributed by atoms with Crippen molar-refractivity contribution >= 4 is 41.0 Å². The third-order valence-corrected chi connectivity index (χ3v) is 5.95. The zero-order valence-corrected chi connectivity index (χ0v) is 16.8. The van der Waals surface area contributed by atoms with Gasteiger partial charge in [-0.2, -0.15) is 18.3 Å². The maximum absolute atomic E-state index is 13.7. The average Bonchev–Trinajstić information content (AvgIpc) is 2.95. The number of hydrogen-bond donors (Lipinski definition) is 0. The molecule has 0 saturated heterocycles. The number of hydrogen-bond acceptors (Lipinski definition) is 2. The third kappa shape index (κ3) is 4.59. The van der Waals surface area contributed by atoms with Crippen molar-refractivity contribution < 1.29 is 13.2 Å². The van der Waals surface area contributed by atoms with E-state index >= 15 is 0 Å². The number of aryl methyl sites for hydroxylation is 1. The number of benzene rings is 1. The molecule has 2 nitrogen and oxygen atoms in total. The van der Waals surface area contributed by atoms with Crippen molar-refractivity contribution in [1.82, 2.24) is 9.78 Å². The zero-order valence-electron chi connectivity index (χ0n) is 13.9. The van der Waals surface area contributed by atoms with Crippen LogP contribution in [0.1, 0.15) is 56.7 Å². The molecule has 0 amide bonds. The molecule has 0 saturated carbocycles. The van der Waals surface area contributed by atoms with Crippen molar-refractivity contribution in [3.63, 3.8) is 0 Å². The molecular formula is C17H22F3IN2S. The van der Waals surface area contributed by atoms with Gasteiger partial charge in [-0.05, 0) is 64.6 Å². The molecule has 0 aliphatic carbocycles. The standard InChI is InChI=1S/C17H22F3IN2S/c1-3-6-14(4-2)23-16-13(11-22-23)9-12(7-5-8-24-21)10-15(16)17(18,19)20/h9-11,14H,3-8H2,1-2H3. The number of rotatable bonds is 8. The van der Waals surface area contributed by atoms with Gasteiger partial charge in [-0.1, -0.05) is 29.2 Å². The lowest BCUT2D eigenvalue weighted by molar-refractivity contribution is -0.136. The van der Waals surface area contributed by atoms with Gasteiger partial charge in [0.15, 0.2) is 0 Å². The minimum Gasteiger partial charge on any atom is -0.261 e. The van der Waals surface area contributed by atoms with E-state index < -0.39 is 11.7 Å². The summed E-state index contributed by atoms with van der Waals surface area (Å²) in [5, 5.41) is 4.90. The SMILES string of the molecule is CCCC(CC)n1ncc2cc(CCCSI)cc(C(F)(F)F)c21. The molecule has 1 aromatic carbocycles. The molecular weight excluding hydrogens is 448 g/mol. The molecule has 1 aromatic heterocycles. The number of halogens is 4. The van der Waals surface area contributed by atoms with Crippen molar-refractivity contribution in [3.8, 4) is 0 Å². The van der Waals surface area contributed by atoms with Gasteiger partial charge in [0, 0.05) is 11.1 Å². The van der Waals surface area contributed by atoms with Gasteiger partial charge in [-0.25, -0.2) is 0 Å². The Bertz CT molecular complexity index is 670. The Hall–Kier alpha value is -0.440. The van der Waals surface area contributed by atoms with Crippen LogP contribution in [0, 0.1) is 0 Å². The van der Waals surface area contributed by atoms with Gasteiger partial charge in [-0.3, -0.25) is 4.68 Å². The van der Waals surface area contributed by atoms with Crippen LogP contribution >= 0.6 is 30.1 Å². The summed E-state index contributed by atoms with van der Waals surface area (Å²) >= 11 is 2.21. The first-order valence-corrected chi connectivity index (χ1v) is 11.8. The predicted octanol–water partition coefficient (Wildman–Crippen LogP) is 6.82. The van der Waals surface area contributed by atoms with Crippen LogP contribution < -0.4 is 0 Å². The molecule has 0 aliphatic heterocycles. The minimum atomic E-state index is -4.37. The Morgan fingerprint density at radius 1 is 1.29 bits per heavy atom. The number of nitrogens with zero attached hydrogens (tertiary/aromatic N) is 2. The summed E-state index contributed by atoms with van der Waals surface area (Å²) in [5.41, 5.74) is 0.419. The molecule has 1 atom stereocenters. The highest BCUT2D eigenvalue weighted by molar-refractivity contribution is 14.2. The first-order chi connectivity index (χ1) is 11.4. The summed E-state index contributed by atoms with van der Waals surface area (Å²) in [6.07, 6.45) is 1.28. The summed E-state index contributed by atoms with van der Waals surface area (Å²) in [5.74, 6) is 0.938. The van der Waals surface area contributed by atoms with Crippen molar-refractivity contribution in [1.29, 1.82) is 0 Å². The summed E-state index contributed by atoms with van der Waals surface area (Å²) in [6.45, 7) is 4.04. The van der Waals surface area contributed by atoms with E-state index in [0.29, 0.717) is 11.8 Å². The van der Waals surface area contributed by atoms with E-state index in [1.165, 1.54) is 6.07 Å². The molecule has 7 heteroatoms. The van der Waals surface area contributed by atoms with E-state index in [4.69, 9.17) is 0 Å². The highest BCUT2D eigenvalue weighted by Crippen LogP contribution is 2.37. The van der Waals surface area contributed by atoms with E-state index in [1.807, 2.05) is 19.9 Å². The topological polar surface area (TPSA) is 17.8 Å². The van der Waals surface area contributed by atoms with Crippen molar-refractivity contribution in [2.45, 2.75) is 58.2 Å². The van der Waals surface area contributed by atoms with Gasteiger partial charge in [0.1, 0.15) is 0 Å². The lowest BCUT2D eigenvalue weighted by Crippen LogP contribution is -2.14. The van der Waals surface area contributed by atoms with E-state index in [-0.39, 0.29) is 11.6 Å². The normalized spacial score (nSPS) is 13.6. The Kier molecular flexibility index (Phi) is 7.27. The fraction of sp³-hybridized carbons (Fsp3) is 0.588. The second-order valence-electron chi connectivity index (χ2n) is 5.94. The average molecular weight is 470 g/mol. The zero-order chi connectivity index (χ0) is 17.7.